The highest BCUT2D eigenvalue weighted by Crippen LogP contribution is 2.44. The van der Waals surface area contributed by atoms with Gasteiger partial charge in [0.25, 0.3) is 0 Å². The van der Waals surface area contributed by atoms with E-state index in [-0.39, 0.29) is 38.6 Å². The minimum atomic E-state index is -1.02. The molecule has 1 aromatic heterocycles. The molecule has 4 rings (SSSR count). The third-order valence-electron chi connectivity index (χ3n) is 6.51. The quantitative estimate of drug-likeness (QED) is 0.0927. The zero-order valence-electron chi connectivity index (χ0n) is 23.0. The lowest BCUT2D eigenvalue weighted by atomic mass is 9.98. The lowest BCUT2D eigenvalue weighted by Gasteiger charge is -2.19. The van der Waals surface area contributed by atoms with Crippen molar-refractivity contribution in [1.29, 1.82) is 0 Å². The zero-order valence-corrected chi connectivity index (χ0v) is 24.6. The van der Waals surface area contributed by atoms with Crippen LogP contribution < -0.4 is 5.32 Å². The van der Waals surface area contributed by atoms with Gasteiger partial charge in [0.15, 0.2) is 0 Å². The topological polar surface area (TPSA) is 104 Å². The van der Waals surface area contributed by atoms with Crippen LogP contribution in [0.2, 0.25) is 0 Å². The largest absolute Gasteiger partial charge is 0.465 e. The summed E-state index contributed by atoms with van der Waals surface area (Å²) in [4.78, 5) is 42.1. The van der Waals surface area contributed by atoms with Gasteiger partial charge in [-0.3, -0.25) is 4.79 Å². The van der Waals surface area contributed by atoms with Gasteiger partial charge in [0.1, 0.15) is 24.3 Å². The van der Waals surface area contributed by atoms with E-state index in [1.807, 2.05) is 61.5 Å². The summed E-state index contributed by atoms with van der Waals surface area (Å²) in [7, 11) is 3.04. The van der Waals surface area contributed by atoms with E-state index in [2.05, 4.69) is 22.4 Å². The maximum atomic E-state index is 12.8. The van der Waals surface area contributed by atoms with Gasteiger partial charge in [-0.15, -0.1) is 0 Å². The number of alkyl carbamates (subject to hydrolysis) is 1. The fourth-order valence-electron chi connectivity index (χ4n) is 4.47. The highest BCUT2D eigenvalue weighted by Gasteiger charge is 2.30. The third-order valence-corrected chi connectivity index (χ3v) is 8.74. The summed E-state index contributed by atoms with van der Waals surface area (Å²) in [5, 5.41) is 3.49. The Labute approximate surface area is 248 Å². The molecule has 1 atom stereocenters. The fraction of sp³-hybridized carbons (Fsp3) is 0.355. The van der Waals surface area contributed by atoms with Gasteiger partial charge in [0.2, 0.25) is 0 Å². The van der Waals surface area contributed by atoms with E-state index >= 15 is 0 Å². The summed E-state index contributed by atoms with van der Waals surface area (Å²) in [5.41, 5.74) is 4.44. The van der Waals surface area contributed by atoms with Crippen LogP contribution in [-0.2, 0) is 23.8 Å². The van der Waals surface area contributed by atoms with Gasteiger partial charge in [-0.1, -0.05) is 78.7 Å². The van der Waals surface area contributed by atoms with E-state index in [0.29, 0.717) is 12.2 Å². The minimum Gasteiger partial charge on any atom is -0.465 e. The van der Waals surface area contributed by atoms with Crippen molar-refractivity contribution in [3.05, 3.63) is 84.1 Å². The first-order chi connectivity index (χ1) is 20.1. The number of aromatic nitrogens is 1. The van der Waals surface area contributed by atoms with Crippen molar-refractivity contribution in [1.82, 2.24) is 10.3 Å². The van der Waals surface area contributed by atoms with Crippen molar-refractivity contribution in [2.24, 2.45) is 0 Å². The lowest BCUT2D eigenvalue weighted by molar-refractivity contribution is -0.147. The highest BCUT2D eigenvalue weighted by atomic mass is 33.1. The molecule has 10 heteroatoms. The van der Waals surface area contributed by atoms with E-state index < -0.39 is 24.1 Å². The Morgan fingerprint density at radius 2 is 1.61 bits per heavy atom. The molecule has 8 nitrogen and oxygen atoms in total. The number of benzene rings is 2. The predicted molar refractivity (Wildman–Crippen MR) is 161 cm³/mol. The zero-order chi connectivity index (χ0) is 28.9. The maximum absolute atomic E-state index is 12.8. The molecule has 0 bridgehead atoms. The number of carbonyl (C=O) groups is 3. The average molecular weight is 595 g/mol. The Morgan fingerprint density at radius 1 is 0.902 bits per heavy atom. The first kappa shape index (κ1) is 30.5. The molecule has 1 N–H and O–H groups in total. The van der Waals surface area contributed by atoms with Crippen LogP contribution >= 0.6 is 21.6 Å². The van der Waals surface area contributed by atoms with Crippen molar-refractivity contribution in [2.75, 3.05) is 25.6 Å². The Balaban J connectivity index is 1.26. The van der Waals surface area contributed by atoms with Crippen LogP contribution in [0.5, 0.6) is 0 Å². The molecular weight excluding hydrogens is 560 g/mol. The number of rotatable bonds is 15. The van der Waals surface area contributed by atoms with Crippen LogP contribution in [0.1, 0.15) is 49.7 Å². The molecule has 1 unspecified atom stereocenters. The molecule has 0 radical (unpaired) electrons. The van der Waals surface area contributed by atoms with E-state index in [0.717, 1.165) is 33.7 Å². The average Bonchev–Trinajstić information content (AvgIpc) is 3.32. The molecule has 2 aromatic carbocycles. The minimum absolute atomic E-state index is 0.0455. The number of carbonyl (C=O) groups excluding carboxylic acids is 3. The van der Waals surface area contributed by atoms with E-state index in [4.69, 9.17) is 14.2 Å². The maximum Gasteiger partial charge on any atom is 0.407 e. The summed E-state index contributed by atoms with van der Waals surface area (Å²) in [5.74, 6) is -0.559. The van der Waals surface area contributed by atoms with Gasteiger partial charge in [0, 0.05) is 24.3 Å². The number of nitrogens with zero attached hydrogens (tertiary/aromatic N) is 1. The van der Waals surface area contributed by atoms with Gasteiger partial charge in [-0.2, -0.15) is 0 Å². The molecule has 41 heavy (non-hydrogen) atoms. The van der Waals surface area contributed by atoms with Crippen LogP contribution in [0, 0.1) is 0 Å². The number of unbranched alkanes of at least 4 members (excludes halogenated alkanes) is 1. The Morgan fingerprint density at radius 3 is 2.29 bits per heavy atom. The second-order valence-electron chi connectivity index (χ2n) is 9.38. The first-order valence-corrected chi connectivity index (χ1v) is 16.0. The standard InChI is InChI=1S/C31H34N2O6S2/c1-2-3-18-38-30(35)27(15-16-29(34)37-19-20-40-41-28-14-8-9-17-32-28)33-31(36)39-21-26-24-12-6-4-10-22(24)23-11-5-7-13-25(23)26/h4-14,17,26-27H,2-3,15-16,18-21H2,1H3,(H,33,36). The predicted octanol–water partition coefficient (Wildman–Crippen LogP) is 6.40. The second kappa shape index (κ2) is 16.1. The van der Waals surface area contributed by atoms with Crippen LogP contribution in [0.3, 0.4) is 0 Å². The van der Waals surface area contributed by atoms with Crippen molar-refractivity contribution in [2.45, 2.75) is 49.6 Å². The molecule has 3 aromatic rings. The molecule has 0 saturated heterocycles. The molecular formula is C31H34N2O6S2. The molecule has 0 fully saturated rings. The van der Waals surface area contributed by atoms with E-state index in [1.54, 1.807) is 6.20 Å². The van der Waals surface area contributed by atoms with E-state index in [1.165, 1.54) is 21.6 Å². The molecule has 0 saturated carbocycles. The SMILES string of the molecule is CCCCOC(=O)C(CCC(=O)OCCSSc1ccccn1)NC(=O)OCC1c2ccccc2-c2ccccc21. The molecule has 1 aliphatic rings. The molecule has 1 heterocycles. The number of nitrogens with one attached hydrogen (secondary N) is 1. The molecule has 216 valence electrons. The summed E-state index contributed by atoms with van der Waals surface area (Å²) < 4.78 is 16.2. The molecule has 1 aliphatic carbocycles. The van der Waals surface area contributed by atoms with Crippen molar-refractivity contribution < 1.29 is 28.6 Å². The number of hydrogen-bond donors (Lipinski definition) is 1. The Bertz CT molecular complexity index is 1260. The van der Waals surface area contributed by atoms with Gasteiger partial charge in [0.05, 0.1) is 6.61 Å². The second-order valence-corrected chi connectivity index (χ2v) is 11.8. The highest BCUT2D eigenvalue weighted by molar-refractivity contribution is 8.76. The monoisotopic (exact) mass is 594 g/mol. The first-order valence-electron chi connectivity index (χ1n) is 13.7. The van der Waals surface area contributed by atoms with Gasteiger partial charge >= 0.3 is 18.0 Å². The molecule has 1 amide bonds. The number of ether oxygens (including phenoxy) is 3. The van der Waals surface area contributed by atoms with E-state index in [9.17, 15) is 14.4 Å². The number of amides is 1. The summed E-state index contributed by atoms with van der Waals surface area (Å²) >= 11 is 0. The van der Waals surface area contributed by atoms with Gasteiger partial charge in [-0.05, 0) is 58.0 Å². The fourth-order valence-corrected chi connectivity index (χ4v) is 6.18. The van der Waals surface area contributed by atoms with Gasteiger partial charge < -0.3 is 19.5 Å². The normalized spacial score (nSPS) is 12.6. The number of fused-ring (bicyclic) bond motifs is 3. The molecule has 0 spiro atoms. The number of pyridine rings is 1. The van der Waals surface area contributed by atoms with Crippen LogP contribution in [0.25, 0.3) is 11.1 Å². The number of hydrogen-bond acceptors (Lipinski definition) is 9. The summed E-state index contributed by atoms with van der Waals surface area (Å²) in [6.45, 7) is 2.58. The van der Waals surface area contributed by atoms with Crippen LogP contribution in [-0.4, -0.2) is 54.6 Å². The van der Waals surface area contributed by atoms with Crippen LogP contribution in [0.4, 0.5) is 4.79 Å². The smallest absolute Gasteiger partial charge is 0.407 e. The Hall–Kier alpha value is -3.50. The lowest BCUT2D eigenvalue weighted by Crippen LogP contribution is -2.43. The van der Waals surface area contributed by atoms with Crippen molar-refractivity contribution >= 4 is 39.6 Å². The van der Waals surface area contributed by atoms with Crippen molar-refractivity contribution in [3.8, 4) is 11.1 Å². The number of esters is 2. The van der Waals surface area contributed by atoms with Crippen molar-refractivity contribution in [3.63, 3.8) is 0 Å². The van der Waals surface area contributed by atoms with Crippen LogP contribution in [0.15, 0.2) is 78.0 Å². The summed E-state index contributed by atoms with van der Waals surface area (Å²) in [6, 6.07) is 20.8. The third kappa shape index (κ3) is 8.99. The molecule has 0 aliphatic heterocycles. The van der Waals surface area contributed by atoms with Gasteiger partial charge in [-0.25, -0.2) is 14.6 Å². The summed E-state index contributed by atoms with van der Waals surface area (Å²) in [6.07, 6.45) is 2.56. The Kier molecular flexibility index (Phi) is 11.9.